The second-order valence-corrected chi connectivity index (χ2v) is 8.21. The standard InChI is InChI=1S/C30H28O3/c31-22-30(23-32-20-25-10-3-1-4-11-25,24-33-21-26-12-5-2-6-13-26)19-18-28-16-9-15-27-14-7-8-17-29(27)28/h1-19,22H,20-21,23-24H2/b19-18+. The van der Waals surface area contributed by atoms with E-state index < -0.39 is 5.41 Å². The molecule has 0 saturated carbocycles. The maximum atomic E-state index is 12.4. The van der Waals surface area contributed by atoms with E-state index in [2.05, 4.69) is 24.3 Å². The summed E-state index contributed by atoms with van der Waals surface area (Å²) in [6, 6.07) is 34.3. The Morgan fingerprint density at radius 1 is 0.636 bits per heavy atom. The topological polar surface area (TPSA) is 35.5 Å². The van der Waals surface area contributed by atoms with Gasteiger partial charge in [-0.1, -0.05) is 115 Å². The lowest BCUT2D eigenvalue weighted by molar-refractivity contribution is -0.121. The average Bonchev–Trinajstić information content (AvgIpc) is 2.88. The minimum Gasteiger partial charge on any atom is -0.375 e. The zero-order valence-corrected chi connectivity index (χ0v) is 18.6. The molecule has 166 valence electrons. The predicted octanol–water partition coefficient (Wildman–Crippen LogP) is 6.47. The number of carbonyl (C=O) groups is 1. The molecule has 3 heteroatoms. The van der Waals surface area contributed by atoms with Crippen LogP contribution in [0.4, 0.5) is 0 Å². The van der Waals surface area contributed by atoms with Crippen molar-refractivity contribution in [2.24, 2.45) is 5.41 Å². The fourth-order valence-electron chi connectivity index (χ4n) is 3.76. The molecule has 0 heterocycles. The molecule has 0 N–H and O–H groups in total. The zero-order chi connectivity index (χ0) is 22.8. The first-order valence-corrected chi connectivity index (χ1v) is 11.1. The predicted molar refractivity (Wildman–Crippen MR) is 134 cm³/mol. The summed E-state index contributed by atoms with van der Waals surface area (Å²) < 4.78 is 12.0. The highest BCUT2D eigenvalue weighted by atomic mass is 16.5. The smallest absolute Gasteiger partial charge is 0.134 e. The van der Waals surface area contributed by atoms with Crippen molar-refractivity contribution in [3.8, 4) is 0 Å². The summed E-state index contributed by atoms with van der Waals surface area (Å²) in [5, 5.41) is 2.31. The van der Waals surface area contributed by atoms with Gasteiger partial charge in [0.1, 0.15) is 6.29 Å². The zero-order valence-electron chi connectivity index (χ0n) is 18.6. The van der Waals surface area contributed by atoms with Crippen LogP contribution < -0.4 is 0 Å². The number of hydrogen-bond donors (Lipinski definition) is 0. The van der Waals surface area contributed by atoms with Crippen LogP contribution >= 0.6 is 0 Å². The Balaban J connectivity index is 1.53. The van der Waals surface area contributed by atoms with Crippen molar-refractivity contribution in [3.05, 3.63) is 126 Å². The van der Waals surface area contributed by atoms with Gasteiger partial charge in [-0.2, -0.15) is 0 Å². The molecule has 4 rings (SSSR count). The van der Waals surface area contributed by atoms with Crippen molar-refractivity contribution in [1.82, 2.24) is 0 Å². The third-order valence-electron chi connectivity index (χ3n) is 5.62. The molecule has 0 spiro atoms. The Labute approximate surface area is 195 Å². The van der Waals surface area contributed by atoms with Crippen LogP contribution in [0.3, 0.4) is 0 Å². The minimum atomic E-state index is -0.888. The van der Waals surface area contributed by atoms with Gasteiger partial charge in [0.05, 0.1) is 31.8 Å². The molecule has 0 unspecified atom stereocenters. The summed E-state index contributed by atoms with van der Waals surface area (Å²) in [6.45, 7) is 1.36. The van der Waals surface area contributed by atoms with E-state index in [4.69, 9.17) is 9.47 Å². The molecule has 0 aliphatic carbocycles. The number of fused-ring (bicyclic) bond motifs is 1. The molecule has 4 aromatic carbocycles. The molecular weight excluding hydrogens is 408 g/mol. The van der Waals surface area contributed by atoms with Gasteiger partial charge < -0.3 is 14.3 Å². The number of hydrogen-bond acceptors (Lipinski definition) is 3. The number of rotatable bonds is 11. The molecule has 33 heavy (non-hydrogen) atoms. The van der Waals surface area contributed by atoms with Gasteiger partial charge in [0.15, 0.2) is 0 Å². The van der Waals surface area contributed by atoms with Crippen LogP contribution in [-0.2, 0) is 27.5 Å². The summed E-state index contributed by atoms with van der Waals surface area (Å²) in [7, 11) is 0. The summed E-state index contributed by atoms with van der Waals surface area (Å²) in [5.41, 5.74) is 2.31. The van der Waals surface area contributed by atoms with Crippen molar-refractivity contribution in [2.45, 2.75) is 13.2 Å². The average molecular weight is 437 g/mol. The van der Waals surface area contributed by atoms with Gasteiger partial charge >= 0.3 is 0 Å². The first-order chi connectivity index (χ1) is 16.3. The molecule has 0 aliphatic heterocycles. The summed E-state index contributed by atoms with van der Waals surface area (Å²) >= 11 is 0. The van der Waals surface area contributed by atoms with E-state index in [9.17, 15) is 4.79 Å². The molecule has 0 aromatic heterocycles. The van der Waals surface area contributed by atoms with Gasteiger partial charge in [0.2, 0.25) is 0 Å². The summed E-state index contributed by atoms with van der Waals surface area (Å²) in [6.07, 6.45) is 4.89. The van der Waals surface area contributed by atoms with Crippen LogP contribution in [0, 0.1) is 5.41 Å². The van der Waals surface area contributed by atoms with Crippen LogP contribution in [0.25, 0.3) is 16.8 Å². The van der Waals surface area contributed by atoms with Crippen molar-refractivity contribution in [1.29, 1.82) is 0 Å². The van der Waals surface area contributed by atoms with E-state index in [0.717, 1.165) is 33.7 Å². The van der Waals surface area contributed by atoms with Gasteiger partial charge in [0, 0.05) is 0 Å². The monoisotopic (exact) mass is 436 g/mol. The molecule has 0 aliphatic rings. The van der Waals surface area contributed by atoms with E-state index in [1.54, 1.807) is 0 Å². The SMILES string of the molecule is O=CC(/C=C/c1cccc2ccccc12)(COCc1ccccc1)COCc1ccccc1. The van der Waals surface area contributed by atoms with Gasteiger partial charge in [-0.3, -0.25) is 0 Å². The molecule has 4 aromatic rings. The van der Waals surface area contributed by atoms with E-state index >= 15 is 0 Å². The van der Waals surface area contributed by atoms with Crippen LogP contribution in [-0.4, -0.2) is 19.5 Å². The number of carbonyl (C=O) groups excluding carboxylic acids is 1. The number of ether oxygens (including phenoxy) is 2. The van der Waals surface area contributed by atoms with Crippen LogP contribution in [0.5, 0.6) is 0 Å². The van der Waals surface area contributed by atoms with Crippen LogP contribution in [0.1, 0.15) is 16.7 Å². The van der Waals surface area contributed by atoms with Gasteiger partial charge in [-0.25, -0.2) is 0 Å². The van der Waals surface area contributed by atoms with Gasteiger partial charge in [-0.15, -0.1) is 0 Å². The largest absolute Gasteiger partial charge is 0.375 e. The van der Waals surface area contributed by atoms with Crippen molar-refractivity contribution in [2.75, 3.05) is 13.2 Å². The maximum Gasteiger partial charge on any atom is 0.134 e. The number of aldehydes is 1. The molecular formula is C30H28O3. The highest BCUT2D eigenvalue weighted by Gasteiger charge is 2.28. The maximum absolute atomic E-state index is 12.4. The molecule has 0 amide bonds. The van der Waals surface area contributed by atoms with Crippen molar-refractivity contribution >= 4 is 23.1 Å². The van der Waals surface area contributed by atoms with Gasteiger partial charge in [-0.05, 0) is 27.5 Å². The third kappa shape index (κ3) is 6.26. The fraction of sp³-hybridized carbons (Fsp3) is 0.167. The van der Waals surface area contributed by atoms with E-state index in [0.29, 0.717) is 13.2 Å². The molecule has 0 fully saturated rings. The van der Waals surface area contributed by atoms with E-state index in [1.807, 2.05) is 91.0 Å². The first kappa shape index (κ1) is 22.7. The lowest BCUT2D eigenvalue weighted by atomic mass is 9.90. The summed E-state index contributed by atoms with van der Waals surface area (Å²) in [4.78, 5) is 12.4. The Hall–Kier alpha value is -3.53. The molecule has 3 nitrogen and oxygen atoms in total. The Morgan fingerprint density at radius 2 is 1.18 bits per heavy atom. The van der Waals surface area contributed by atoms with E-state index in [1.165, 1.54) is 0 Å². The highest BCUT2D eigenvalue weighted by molar-refractivity contribution is 5.90. The molecule has 0 bridgehead atoms. The Kier molecular flexibility index (Phi) is 7.81. The first-order valence-electron chi connectivity index (χ1n) is 11.1. The fourth-order valence-corrected chi connectivity index (χ4v) is 3.76. The highest BCUT2D eigenvalue weighted by Crippen LogP contribution is 2.25. The lowest BCUT2D eigenvalue weighted by Gasteiger charge is -2.24. The van der Waals surface area contributed by atoms with Crippen molar-refractivity contribution < 1.29 is 14.3 Å². The second-order valence-electron chi connectivity index (χ2n) is 8.21. The lowest BCUT2D eigenvalue weighted by Crippen LogP contribution is -2.32. The van der Waals surface area contributed by atoms with Crippen LogP contribution in [0.15, 0.2) is 109 Å². The Bertz CT molecular complexity index is 1130. The molecule has 0 radical (unpaired) electrons. The minimum absolute atomic E-state index is 0.238. The Morgan fingerprint density at radius 3 is 1.79 bits per heavy atom. The summed E-state index contributed by atoms with van der Waals surface area (Å²) in [5.74, 6) is 0. The second kappa shape index (κ2) is 11.4. The number of benzene rings is 4. The van der Waals surface area contributed by atoms with Crippen LogP contribution in [0.2, 0.25) is 0 Å². The quantitative estimate of drug-likeness (QED) is 0.253. The van der Waals surface area contributed by atoms with Gasteiger partial charge in [0.25, 0.3) is 0 Å². The molecule has 0 saturated heterocycles. The van der Waals surface area contributed by atoms with E-state index in [-0.39, 0.29) is 13.2 Å². The molecule has 0 atom stereocenters. The normalized spacial score (nSPS) is 11.8. The third-order valence-corrected chi connectivity index (χ3v) is 5.62. The van der Waals surface area contributed by atoms with Crippen molar-refractivity contribution in [3.63, 3.8) is 0 Å².